The van der Waals surface area contributed by atoms with E-state index >= 15 is 0 Å². The summed E-state index contributed by atoms with van der Waals surface area (Å²) in [6, 6.07) is 0.293. The van der Waals surface area contributed by atoms with Crippen molar-refractivity contribution in [2.45, 2.75) is 12.8 Å². The molecule has 10 heavy (non-hydrogen) atoms. The molecule has 0 atom stereocenters. The Hall–Kier alpha value is -0.270. The van der Waals surface area contributed by atoms with Gasteiger partial charge in [-0.1, -0.05) is 29.8 Å². The van der Waals surface area contributed by atoms with Gasteiger partial charge in [-0.05, 0) is 18.4 Å². The maximum Gasteiger partial charge on any atom is 0.121 e. The van der Waals surface area contributed by atoms with Gasteiger partial charge >= 0.3 is 0 Å². The second-order valence-corrected chi connectivity index (χ2v) is 2.47. The van der Waals surface area contributed by atoms with Crippen molar-refractivity contribution in [1.29, 1.82) is 0 Å². The van der Waals surface area contributed by atoms with Crippen molar-refractivity contribution >= 4 is 11.6 Å². The van der Waals surface area contributed by atoms with E-state index in [0.717, 1.165) is 12.8 Å². The Labute approximate surface area is 66.3 Å². The van der Waals surface area contributed by atoms with Gasteiger partial charge in [0.05, 0.1) is 6.61 Å². The van der Waals surface area contributed by atoms with E-state index < -0.39 is 0 Å². The minimum atomic E-state index is 0.293. The van der Waals surface area contributed by atoms with Gasteiger partial charge in [0, 0.05) is 0 Å². The van der Waals surface area contributed by atoms with Crippen LogP contribution < -0.4 is 0 Å². The van der Waals surface area contributed by atoms with E-state index in [4.69, 9.17) is 16.3 Å². The number of ether oxygens (including phenoxy) is 1. The molecule has 0 saturated carbocycles. The van der Waals surface area contributed by atoms with Crippen molar-refractivity contribution in [1.82, 2.24) is 0 Å². The lowest BCUT2D eigenvalue weighted by Gasteiger charge is -2.06. The predicted molar refractivity (Wildman–Crippen MR) is 43.1 cm³/mol. The lowest BCUT2D eigenvalue weighted by Crippen LogP contribution is -1.97. The molecule has 0 aliphatic heterocycles. The number of rotatable bonds is 3. The fourth-order valence-corrected chi connectivity index (χ4v) is 1.02. The quantitative estimate of drug-likeness (QED) is 0.574. The minimum Gasteiger partial charge on any atom is -0.361 e. The highest BCUT2D eigenvalue weighted by molar-refractivity contribution is 6.17. The van der Waals surface area contributed by atoms with E-state index in [1.165, 1.54) is 5.57 Å². The molecule has 0 amide bonds. The van der Waals surface area contributed by atoms with Gasteiger partial charge in [-0.3, -0.25) is 0 Å². The van der Waals surface area contributed by atoms with Crippen LogP contribution in [-0.2, 0) is 4.74 Å². The summed E-state index contributed by atoms with van der Waals surface area (Å²) >= 11 is 5.35. The fraction of sp³-hybridized carbons (Fsp3) is 0.500. The van der Waals surface area contributed by atoms with Crippen molar-refractivity contribution in [3.63, 3.8) is 0 Å². The Balaban J connectivity index is 2.25. The molecular formula is C8H11ClO. The smallest absolute Gasteiger partial charge is 0.121 e. The standard InChI is InChI=1S/C8H11ClO/c9-7-10-6-8-4-2-1-3-5-8/h1-2,4H,3,5-7H2. The van der Waals surface area contributed by atoms with Crippen LogP contribution in [0.4, 0.5) is 0 Å². The van der Waals surface area contributed by atoms with Gasteiger partial charge in [0.1, 0.15) is 6.07 Å². The molecule has 1 nitrogen and oxygen atoms in total. The summed E-state index contributed by atoms with van der Waals surface area (Å²) in [5, 5.41) is 0. The molecule has 0 aromatic carbocycles. The van der Waals surface area contributed by atoms with Gasteiger partial charge in [0.2, 0.25) is 0 Å². The molecule has 0 saturated heterocycles. The molecule has 2 heteroatoms. The zero-order valence-electron chi connectivity index (χ0n) is 5.85. The van der Waals surface area contributed by atoms with E-state index in [9.17, 15) is 0 Å². The summed E-state index contributed by atoms with van der Waals surface area (Å²) in [5.41, 5.74) is 1.34. The zero-order chi connectivity index (χ0) is 7.23. The van der Waals surface area contributed by atoms with Crippen LogP contribution in [0, 0.1) is 0 Å². The third-order valence-electron chi connectivity index (χ3n) is 1.46. The van der Waals surface area contributed by atoms with Gasteiger partial charge in [0.15, 0.2) is 0 Å². The van der Waals surface area contributed by atoms with Gasteiger partial charge in [-0.25, -0.2) is 0 Å². The molecule has 0 aromatic heterocycles. The number of alkyl halides is 1. The largest absolute Gasteiger partial charge is 0.361 e. The van der Waals surface area contributed by atoms with Crippen LogP contribution in [-0.4, -0.2) is 12.7 Å². The second kappa shape index (κ2) is 4.53. The van der Waals surface area contributed by atoms with Gasteiger partial charge in [0.25, 0.3) is 0 Å². The van der Waals surface area contributed by atoms with Gasteiger partial charge in [-0.2, -0.15) is 0 Å². The SMILES string of the molecule is ClCOCC1=CC=CCC1. The van der Waals surface area contributed by atoms with Crippen LogP contribution in [0.1, 0.15) is 12.8 Å². The van der Waals surface area contributed by atoms with Crippen molar-refractivity contribution in [2.24, 2.45) is 0 Å². The maximum atomic E-state index is 5.35. The summed E-state index contributed by atoms with van der Waals surface area (Å²) < 4.78 is 5.04. The molecule has 0 spiro atoms. The topological polar surface area (TPSA) is 9.23 Å². The van der Waals surface area contributed by atoms with Crippen molar-refractivity contribution < 1.29 is 4.74 Å². The van der Waals surface area contributed by atoms with Crippen LogP contribution in [0.5, 0.6) is 0 Å². The summed E-state index contributed by atoms with van der Waals surface area (Å²) in [6.07, 6.45) is 8.57. The lowest BCUT2D eigenvalue weighted by atomic mass is 10.1. The van der Waals surface area contributed by atoms with Gasteiger partial charge in [-0.15, -0.1) is 0 Å². The number of halogens is 1. The average Bonchev–Trinajstić information content (AvgIpc) is 2.03. The predicted octanol–water partition coefficient (Wildman–Crippen LogP) is 2.48. The number of hydrogen-bond donors (Lipinski definition) is 0. The van der Waals surface area contributed by atoms with Crippen molar-refractivity contribution in [3.05, 3.63) is 23.8 Å². The summed E-state index contributed by atoms with van der Waals surface area (Å²) in [5.74, 6) is 0. The number of hydrogen-bond acceptors (Lipinski definition) is 1. The lowest BCUT2D eigenvalue weighted by molar-refractivity contribution is 0.202. The third kappa shape index (κ3) is 2.54. The highest BCUT2D eigenvalue weighted by Crippen LogP contribution is 2.11. The molecular weight excluding hydrogens is 148 g/mol. The van der Waals surface area contributed by atoms with E-state index in [1.54, 1.807) is 0 Å². The fourth-order valence-electron chi connectivity index (χ4n) is 0.942. The molecule has 0 fully saturated rings. The molecule has 56 valence electrons. The molecule has 0 heterocycles. The molecule has 1 rings (SSSR count). The van der Waals surface area contributed by atoms with E-state index in [-0.39, 0.29) is 0 Å². The summed E-state index contributed by atoms with van der Waals surface area (Å²) in [6.45, 7) is 0.688. The maximum absolute atomic E-state index is 5.35. The number of allylic oxidation sites excluding steroid dienone is 3. The van der Waals surface area contributed by atoms with E-state index in [0.29, 0.717) is 12.7 Å². The van der Waals surface area contributed by atoms with Crippen molar-refractivity contribution in [2.75, 3.05) is 12.7 Å². The average molecular weight is 159 g/mol. The summed E-state index contributed by atoms with van der Waals surface area (Å²) in [7, 11) is 0. The zero-order valence-corrected chi connectivity index (χ0v) is 6.60. The Bertz CT molecular complexity index is 149. The highest BCUT2D eigenvalue weighted by atomic mass is 35.5. The van der Waals surface area contributed by atoms with Crippen molar-refractivity contribution in [3.8, 4) is 0 Å². The first kappa shape index (κ1) is 7.83. The molecule has 0 unspecified atom stereocenters. The Kier molecular flexibility index (Phi) is 3.55. The van der Waals surface area contributed by atoms with Crippen LogP contribution in [0.25, 0.3) is 0 Å². The van der Waals surface area contributed by atoms with E-state index in [1.807, 2.05) is 0 Å². The molecule has 1 aliphatic rings. The first-order valence-corrected chi connectivity index (χ1v) is 3.95. The first-order valence-electron chi connectivity index (χ1n) is 3.42. The molecule has 0 N–H and O–H groups in total. The molecule has 0 aromatic rings. The normalized spacial score (nSPS) is 17.1. The molecule has 0 radical (unpaired) electrons. The Morgan fingerprint density at radius 3 is 3.10 bits per heavy atom. The molecule has 1 aliphatic carbocycles. The van der Waals surface area contributed by atoms with Crippen LogP contribution in [0.2, 0.25) is 0 Å². The van der Waals surface area contributed by atoms with E-state index in [2.05, 4.69) is 18.2 Å². The van der Waals surface area contributed by atoms with Crippen LogP contribution in [0.15, 0.2) is 23.8 Å². The minimum absolute atomic E-state index is 0.293. The van der Waals surface area contributed by atoms with Crippen LogP contribution in [0.3, 0.4) is 0 Å². The Morgan fingerprint density at radius 1 is 1.60 bits per heavy atom. The van der Waals surface area contributed by atoms with Crippen LogP contribution >= 0.6 is 11.6 Å². The third-order valence-corrected chi connectivity index (χ3v) is 1.62. The summed E-state index contributed by atoms with van der Waals surface area (Å²) in [4.78, 5) is 0. The van der Waals surface area contributed by atoms with Gasteiger partial charge < -0.3 is 4.74 Å². The Morgan fingerprint density at radius 2 is 2.50 bits per heavy atom. The first-order chi connectivity index (χ1) is 4.93. The second-order valence-electron chi connectivity index (χ2n) is 2.25. The molecule has 0 bridgehead atoms. The monoisotopic (exact) mass is 158 g/mol. The highest BCUT2D eigenvalue weighted by Gasteiger charge is 1.97.